The third-order valence-electron chi connectivity index (χ3n) is 3.91. The second-order valence-electron chi connectivity index (χ2n) is 5.34. The highest BCUT2D eigenvalue weighted by Crippen LogP contribution is 2.32. The summed E-state index contributed by atoms with van der Waals surface area (Å²) >= 11 is 6.34. The summed E-state index contributed by atoms with van der Waals surface area (Å²) < 4.78 is 11.2. The van der Waals surface area contributed by atoms with Gasteiger partial charge in [0, 0.05) is 13.0 Å². The minimum absolute atomic E-state index is 0.152. The second-order valence-corrected chi connectivity index (χ2v) is 5.74. The Kier molecular flexibility index (Phi) is 4.26. The number of nitrogens with one attached hydrogen (secondary N) is 1. The topological polar surface area (TPSA) is 30.5 Å². The molecule has 1 aromatic rings. The lowest BCUT2D eigenvalue weighted by Gasteiger charge is -2.23. The summed E-state index contributed by atoms with van der Waals surface area (Å²) in [5.41, 5.74) is 1.31. The normalized spacial score (nSPS) is 27.4. The van der Waals surface area contributed by atoms with Crippen molar-refractivity contribution in [1.29, 1.82) is 0 Å². The molecular weight excluding hydrogens is 262 g/mol. The van der Waals surface area contributed by atoms with E-state index in [0.717, 1.165) is 36.9 Å². The highest BCUT2D eigenvalue weighted by molar-refractivity contribution is 6.32. The molecule has 2 heterocycles. The van der Waals surface area contributed by atoms with Crippen molar-refractivity contribution in [3.8, 4) is 5.75 Å². The maximum atomic E-state index is 6.34. The van der Waals surface area contributed by atoms with Crippen LogP contribution in [0.25, 0.3) is 0 Å². The second kappa shape index (κ2) is 6.12. The van der Waals surface area contributed by atoms with Crippen LogP contribution in [0.5, 0.6) is 5.75 Å². The molecule has 19 heavy (non-hydrogen) atoms. The molecule has 2 aliphatic rings. The van der Waals surface area contributed by atoms with E-state index in [1.165, 1.54) is 18.4 Å². The lowest BCUT2D eigenvalue weighted by molar-refractivity contribution is 0.141. The predicted molar refractivity (Wildman–Crippen MR) is 76.1 cm³/mol. The third-order valence-corrected chi connectivity index (χ3v) is 4.20. The van der Waals surface area contributed by atoms with E-state index >= 15 is 0 Å². The van der Waals surface area contributed by atoms with Crippen molar-refractivity contribution >= 4 is 11.6 Å². The van der Waals surface area contributed by atoms with E-state index in [1.54, 1.807) is 0 Å². The zero-order chi connectivity index (χ0) is 13.1. The number of halogens is 1. The molecule has 3 rings (SSSR count). The molecule has 0 amide bonds. The minimum atomic E-state index is 0.152. The van der Waals surface area contributed by atoms with Crippen molar-refractivity contribution in [3.05, 3.63) is 28.8 Å². The smallest absolute Gasteiger partial charge is 0.138 e. The van der Waals surface area contributed by atoms with E-state index in [2.05, 4.69) is 17.4 Å². The molecule has 3 nitrogen and oxygen atoms in total. The average Bonchev–Trinajstić information content (AvgIpc) is 2.95. The molecule has 0 aliphatic carbocycles. The fourth-order valence-corrected chi connectivity index (χ4v) is 3.02. The monoisotopic (exact) mass is 281 g/mol. The van der Waals surface area contributed by atoms with E-state index < -0.39 is 0 Å². The van der Waals surface area contributed by atoms with E-state index in [4.69, 9.17) is 21.1 Å². The fraction of sp³-hybridized carbons (Fsp3) is 0.600. The van der Waals surface area contributed by atoms with Crippen molar-refractivity contribution in [1.82, 2.24) is 5.32 Å². The minimum Gasteiger partial charge on any atom is -0.486 e. The first kappa shape index (κ1) is 13.2. The first-order valence-electron chi connectivity index (χ1n) is 7.07. The lowest BCUT2D eigenvalue weighted by atomic mass is 9.92. The van der Waals surface area contributed by atoms with Crippen LogP contribution in [-0.2, 0) is 4.74 Å². The first-order chi connectivity index (χ1) is 9.33. The van der Waals surface area contributed by atoms with Crippen molar-refractivity contribution < 1.29 is 9.47 Å². The van der Waals surface area contributed by atoms with Crippen molar-refractivity contribution in [3.63, 3.8) is 0 Å². The van der Waals surface area contributed by atoms with Crippen LogP contribution >= 0.6 is 11.6 Å². The molecule has 0 bridgehead atoms. The van der Waals surface area contributed by atoms with E-state index in [1.807, 2.05) is 6.07 Å². The zero-order valence-corrected chi connectivity index (χ0v) is 11.8. The van der Waals surface area contributed by atoms with Gasteiger partial charge in [-0.05, 0) is 43.0 Å². The predicted octanol–water partition coefficient (Wildman–Crippen LogP) is 2.97. The maximum Gasteiger partial charge on any atom is 0.138 e. The summed E-state index contributed by atoms with van der Waals surface area (Å²) in [5, 5.41) is 4.15. The van der Waals surface area contributed by atoms with E-state index in [0.29, 0.717) is 12.5 Å². The van der Waals surface area contributed by atoms with Gasteiger partial charge in [-0.25, -0.2) is 0 Å². The molecule has 2 fully saturated rings. The summed E-state index contributed by atoms with van der Waals surface area (Å²) in [4.78, 5) is 0. The summed E-state index contributed by atoms with van der Waals surface area (Å²) in [6.07, 6.45) is 3.57. The summed E-state index contributed by atoms with van der Waals surface area (Å²) in [7, 11) is 0. The Morgan fingerprint density at radius 3 is 2.95 bits per heavy atom. The Morgan fingerprint density at radius 2 is 2.26 bits per heavy atom. The Balaban J connectivity index is 1.69. The Hall–Kier alpha value is -0.770. The summed E-state index contributed by atoms with van der Waals surface area (Å²) in [6.45, 7) is 3.64. The van der Waals surface area contributed by atoms with Crippen molar-refractivity contribution in [2.75, 3.05) is 26.3 Å². The quantitative estimate of drug-likeness (QED) is 0.924. The molecule has 2 saturated heterocycles. The molecular formula is C15H20ClNO2. The van der Waals surface area contributed by atoms with Crippen molar-refractivity contribution in [2.45, 2.75) is 31.3 Å². The number of benzene rings is 1. The van der Waals surface area contributed by atoms with Gasteiger partial charge in [0.2, 0.25) is 0 Å². The average molecular weight is 282 g/mol. The van der Waals surface area contributed by atoms with Gasteiger partial charge < -0.3 is 14.8 Å². The maximum absolute atomic E-state index is 6.34. The number of piperidine rings is 1. The molecule has 0 radical (unpaired) electrons. The molecule has 104 valence electrons. The number of ether oxygens (including phenoxy) is 2. The number of hydrogen-bond acceptors (Lipinski definition) is 3. The lowest BCUT2D eigenvalue weighted by Crippen LogP contribution is -2.28. The van der Waals surface area contributed by atoms with Gasteiger partial charge in [0.25, 0.3) is 0 Å². The van der Waals surface area contributed by atoms with Gasteiger partial charge in [-0.1, -0.05) is 17.7 Å². The van der Waals surface area contributed by atoms with Gasteiger partial charge in [0.05, 0.1) is 18.2 Å². The number of rotatable bonds is 3. The third kappa shape index (κ3) is 3.22. The Labute approximate surface area is 119 Å². The molecule has 0 spiro atoms. The van der Waals surface area contributed by atoms with Crippen LogP contribution in [0.3, 0.4) is 0 Å². The molecule has 2 unspecified atom stereocenters. The molecule has 0 aromatic heterocycles. The van der Waals surface area contributed by atoms with Gasteiger partial charge in [-0.3, -0.25) is 0 Å². The van der Waals surface area contributed by atoms with Gasteiger partial charge in [-0.15, -0.1) is 0 Å². The molecule has 0 saturated carbocycles. The fourth-order valence-electron chi connectivity index (χ4n) is 2.79. The van der Waals surface area contributed by atoms with Gasteiger partial charge in [-0.2, -0.15) is 0 Å². The molecule has 2 aliphatic heterocycles. The Bertz CT molecular complexity index is 426. The number of hydrogen-bond donors (Lipinski definition) is 1. The van der Waals surface area contributed by atoms with Crippen LogP contribution in [0, 0.1) is 0 Å². The van der Waals surface area contributed by atoms with Crippen LogP contribution in [0.15, 0.2) is 18.2 Å². The highest BCUT2D eigenvalue weighted by Gasteiger charge is 2.20. The summed E-state index contributed by atoms with van der Waals surface area (Å²) in [6, 6.07) is 6.21. The van der Waals surface area contributed by atoms with Gasteiger partial charge >= 0.3 is 0 Å². The highest BCUT2D eigenvalue weighted by atomic mass is 35.5. The van der Waals surface area contributed by atoms with Crippen LogP contribution in [-0.4, -0.2) is 32.4 Å². The van der Waals surface area contributed by atoms with Crippen molar-refractivity contribution in [2.24, 2.45) is 0 Å². The Morgan fingerprint density at radius 1 is 1.32 bits per heavy atom. The van der Waals surface area contributed by atoms with E-state index in [9.17, 15) is 0 Å². The molecule has 4 heteroatoms. The summed E-state index contributed by atoms with van der Waals surface area (Å²) in [5.74, 6) is 1.36. The molecule has 1 aromatic carbocycles. The molecule has 2 atom stereocenters. The van der Waals surface area contributed by atoms with Crippen LogP contribution < -0.4 is 10.1 Å². The zero-order valence-electron chi connectivity index (χ0n) is 11.0. The SMILES string of the molecule is Clc1cc(C2CCCNC2)ccc1OC1CCOC1. The standard InChI is InChI=1S/C15H20ClNO2/c16-14-8-11(12-2-1-6-17-9-12)3-4-15(14)19-13-5-7-18-10-13/h3-4,8,12-13,17H,1-2,5-7,9-10H2. The van der Waals surface area contributed by atoms with Crippen LogP contribution in [0.4, 0.5) is 0 Å². The van der Waals surface area contributed by atoms with Gasteiger partial charge in [0.15, 0.2) is 0 Å². The van der Waals surface area contributed by atoms with E-state index in [-0.39, 0.29) is 6.10 Å². The first-order valence-corrected chi connectivity index (χ1v) is 7.45. The van der Waals surface area contributed by atoms with Crippen LogP contribution in [0.2, 0.25) is 5.02 Å². The van der Waals surface area contributed by atoms with Gasteiger partial charge in [0.1, 0.15) is 11.9 Å². The molecule has 1 N–H and O–H groups in total. The largest absolute Gasteiger partial charge is 0.486 e. The van der Waals surface area contributed by atoms with Crippen LogP contribution in [0.1, 0.15) is 30.7 Å².